The van der Waals surface area contributed by atoms with Crippen molar-refractivity contribution in [3.05, 3.63) is 27.1 Å². The molecular formula is C10H8Br2ClNO3S. The SMILES string of the molecule is O=C1CC(S(=O)(=O)Cl)CN1c1cc(Br)ccc1Br. The molecule has 4 nitrogen and oxygen atoms in total. The molecule has 18 heavy (non-hydrogen) atoms. The maximum Gasteiger partial charge on any atom is 0.237 e. The maximum absolute atomic E-state index is 11.9. The van der Waals surface area contributed by atoms with Gasteiger partial charge in [-0.3, -0.25) is 4.79 Å². The average Bonchev–Trinajstić information content (AvgIpc) is 2.64. The second kappa shape index (κ2) is 5.11. The molecule has 0 saturated carbocycles. The first-order chi connectivity index (χ1) is 8.29. The van der Waals surface area contributed by atoms with E-state index in [2.05, 4.69) is 31.9 Å². The van der Waals surface area contributed by atoms with Gasteiger partial charge < -0.3 is 4.90 Å². The number of halogens is 3. The first kappa shape index (κ1) is 14.3. The van der Waals surface area contributed by atoms with Crippen LogP contribution in [0.5, 0.6) is 0 Å². The molecule has 0 radical (unpaired) electrons. The maximum atomic E-state index is 11.9. The molecule has 1 aliphatic heterocycles. The van der Waals surface area contributed by atoms with Crippen molar-refractivity contribution in [1.82, 2.24) is 0 Å². The predicted octanol–water partition coefficient (Wildman–Crippen LogP) is 2.89. The number of rotatable bonds is 2. The van der Waals surface area contributed by atoms with E-state index in [0.29, 0.717) is 5.69 Å². The number of hydrogen-bond acceptors (Lipinski definition) is 3. The second-order valence-corrected chi connectivity index (χ2v) is 8.58. The third-order valence-electron chi connectivity index (χ3n) is 2.69. The van der Waals surface area contributed by atoms with Crippen LogP contribution in [-0.2, 0) is 13.8 Å². The lowest BCUT2D eigenvalue weighted by Crippen LogP contribution is -2.27. The van der Waals surface area contributed by atoms with Crippen LogP contribution in [0.1, 0.15) is 6.42 Å². The van der Waals surface area contributed by atoms with Gasteiger partial charge in [0.25, 0.3) is 0 Å². The minimum Gasteiger partial charge on any atom is -0.310 e. The molecule has 1 atom stereocenters. The number of hydrogen-bond donors (Lipinski definition) is 0. The third-order valence-corrected chi connectivity index (χ3v) is 5.72. The second-order valence-electron chi connectivity index (χ2n) is 3.90. The summed E-state index contributed by atoms with van der Waals surface area (Å²) in [5.74, 6) is -0.247. The van der Waals surface area contributed by atoms with E-state index in [4.69, 9.17) is 10.7 Å². The molecule has 0 N–H and O–H groups in total. The van der Waals surface area contributed by atoms with Crippen molar-refractivity contribution in [2.75, 3.05) is 11.4 Å². The van der Waals surface area contributed by atoms with Gasteiger partial charge in [0.2, 0.25) is 15.0 Å². The molecule has 1 aliphatic rings. The Bertz CT molecular complexity index is 605. The first-order valence-electron chi connectivity index (χ1n) is 4.98. The van der Waals surface area contributed by atoms with Crippen molar-refractivity contribution in [1.29, 1.82) is 0 Å². The van der Waals surface area contributed by atoms with Crippen LogP contribution >= 0.6 is 42.5 Å². The third kappa shape index (κ3) is 2.89. The molecule has 1 amide bonds. The fraction of sp³-hybridized carbons (Fsp3) is 0.300. The van der Waals surface area contributed by atoms with Crippen molar-refractivity contribution < 1.29 is 13.2 Å². The van der Waals surface area contributed by atoms with Crippen molar-refractivity contribution in [2.45, 2.75) is 11.7 Å². The van der Waals surface area contributed by atoms with Crippen molar-refractivity contribution >= 4 is 63.2 Å². The summed E-state index contributed by atoms with van der Waals surface area (Å²) in [6.45, 7) is 0.0831. The summed E-state index contributed by atoms with van der Waals surface area (Å²) in [6.07, 6.45) is -0.0786. The molecule has 1 aromatic carbocycles. The summed E-state index contributed by atoms with van der Waals surface area (Å²) in [4.78, 5) is 13.3. The van der Waals surface area contributed by atoms with Gasteiger partial charge in [0.15, 0.2) is 0 Å². The number of carbonyl (C=O) groups is 1. The van der Waals surface area contributed by atoms with Crippen LogP contribution in [-0.4, -0.2) is 26.1 Å². The van der Waals surface area contributed by atoms with Gasteiger partial charge in [0, 0.05) is 32.6 Å². The highest BCUT2D eigenvalue weighted by Gasteiger charge is 2.38. The molecule has 8 heteroatoms. The lowest BCUT2D eigenvalue weighted by Gasteiger charge is -2.18. The van der Waals surface area contributed by atoms with E-state index in [0.717, 1.165) is 8.95 Å². The Labute approximate surface area is 126 Å². The minimum absolute atomic E-state index is 0.0786. The largest absolute Gasteiger partial charge is 0.310 e. The number of anilines is 1. The molecule has 1 heterocycles. The molecule has 0 aromatic heterocycles. The molecule has 2 rings (SSSR count). The number of amides is 1. The molecule has 1 fully saturated rings. The summed E-state index contributed by atoms with van der Waals surface area (Å²) < 4.78 is 24.1. The molecule has 0 bridgehead atoms. The Kier molecular flexibility index (Phi) is 4.06. The van der Waals surface area contributed by atoms with E-state index in [1.54, 1.807) is 12.1 Å². The smallest absolute Gasteiger partial charge is 0.237 e. The Morgan fingerprint density at radius 2 is 2.00 bits per heavy atom. The summed E-state index contributed by atoms with van der Waals surface area (Å²) in [6, 6.07) is 5.37. The van der Waals surface area contributed by atoms with Gasteiger partial charge in [0.1, 0.15) is 5.25 Å². The van der Waals surface area contributed by atoms with E-state index in [-0.39, 0.29) is 18.9 Å². The van der Waals surface area contributed by atoms with E-state index in [9.17, 15) is 13.2 Å². The minimum atomic E-state index is -3.72. The lowest BCUT2D eigenvalue weighted by atomic mass is 10.3. The van der Waals surface area contributed by atoms with Crippen molar-refractivity contribution in [3.8, 4) is 0 Å². The zero-order valence-corrected chi connectivity index (χ0v) is 13.7. The Morgan fingerprint density at radius 3 is 2.56 bits per heavy atom. The fourth-order valence-electron chi connectivity index (χ4n) is 1.79. The summed E-state index contributed by atoms with van der Waals surface area (Å²) in [5.41, 5.74) is 0.636. The van der Waals surface area contributed by atoms with Gasteiger partial charge >= 0.3 is 0 Å². The molecule has 1 saturated heterocycles. The summed E-state index contributed by atoms with van der Waals surface area (Å²) >= 11 is 6.66. The summed E-state index contributed by atoms with van der Waals surface area (Å²) in [7, 11) is 1.58. The normalized spacial score (nSPS) is 20.5. The van der Waals surface area contributed by atoms with Crippen LogP contribution in [0, 0.1) is 0 Å². The number of nitrogens with zero attached hydrogens (tertiary/aromatic N) is 1. The van der Waals surface area contributed by atoms with Gasteiger partial charge in [-0.2, -0.15) is 0 Å². The molecule has 0 aliphatic carbocycles. The average molecular weight is 418 g/mol. The predicted molar refractivity (Wildman–Crippen MR) is 77.4 cm³/mol. The van der Waals surface area contributed by atoms with Crippen molar-refractivity contribution in [3.63, 3.8) is 0 Å². The van der Waals surface area contributed by atoms with Crippen LogP contribution < -0.4 is 4.90 Å². The fourth-order valence-corrected chi connectivity index (χ4v) is 3.63. The van der Waals surface area contributed by atoms with Gasteiger partial charge in [0.05, 0.1) is 5.69 Å². The standard InChI is InChI=1S/C10H8Br2ClNO3S/c11-6-1-2-8(12)9(3-6)14-5-7(4-10(14)15)18(13,16)17/h1-3,7H,4-5H2. The van der Waals surface area contributed by atoms with Crippen LogP contribution in [0.15, 0.2) is 27.1 Å². The molecule has 1 unspecified atom stereocenters. The Hall–Kier alpha value is -0.110. The highest BCUT2D eigenvalue weighted by atomic mass is 79.9. The Balaban J connectivity index is 2.35. The topological polar surface area (TPSA) is 54.5 Å². The van der Waals surface area contributed by atoms with Gasteiger partial charge in [-0.05, 0) is 34.1 Å². The van der Waals surface area contributed by atoms with E-state index in [1.807, 2.05) is 6.07 Å². The van der Waals surface area contributed by atoms with Crippen LogP contribution in [0.3, 0.4) is 0 Å². The van der Waals surface area contributed by atoms with Gasteiger partial charge in [-0.15, -0.1) is 0 Å². The number of carbonyl (C=O) groups excluding carboxylic acids is 1. The molecule has 1 aromatic rings. The van der Waals surface area contributed by atoms with E-state index in [1.165, 1.54) is 4.90 Å². The van der Waals surface area contributed by atoms with E-state index >= 15 is 0 Å². The number of benzene rings is 1. The zero-order chi connectivity index (χ0) is 13.5. The lowest BCUT2D eigenvalue weighted by molar-refractivity contribution is -0.117. The van der Waals surface area contributed by atoms with Crippen LogP contribution in [0.25, 0.3) is 0 Å². The monoisotopic (exact) mass is 415 g/mol. The van der Waals surface area contributed by atoms with Crippen LogP contribution in [0.2, 0.25) is 0 Å². The molecule has 0 spiro atoms. The quantitative estimate of drug-likeness (QED) is 0.696. The van der Waals surface area contributed by atoms with E-state index < -0.39 is 14.3 Å². The first-order valence-corrected chi connectivity index (χ1v) is 8.94. The van der Waals surface area contributed by atoms with Crippen LogP contribution in [0.4, 0.5) is 5.69 Å². The summed E-state index contributed by atoms with van der Waals surface area (Å²) in [5, 5.41) is -0.849. The highest BCUT2D eigenvalue weighted by Crippen LogP contribution is 2.34. The molecule has 98 valence electrons. The Morgan fingerprint density at radius 1 is 1.33 bits per heavy atom. The highest BCUT2D eigenvalue weighted by molar-refractivity contribution is 9.11. The van der Waals surface area contributed by atoms with Gasteiger partial charge in [-0.1, -0.05) is 15.9 Å². The molecular weight excluding hydrogens is 409 g/mol. The van der Waals surface area contributed by atoms with Crippen molar-refractivity contribution in [2.24, 2.45) is 0 Å². The van der Waals surface area contributed by atoms with Gasteiger partial charge in [-0.25, -0.2) is 8.42 Å². The zero-order valence-electron chi connectivity index (χ0n) is 8.94.